The van der Waals surface area contributed by atoms with E-state index in [-0.39, 0.29) is 17.4 Å². The molecule has 0 rings (SSSR count). The van der Waals surface area contributed by atoms with Crippen LogP contribution in [-0.2, 0) is 4.74 Å². The third-order valence-electron chi connectivity index (χ3n) is 1.92. The van der Waals surface area contributed by atoms with Gasteiger partial charge in [-0.3, -0.25) is 4.39 Å². The molecule has 0 aliphatic heterocycles. The van der Waals surface area contributed by atoms with E-state index < -0.39 is 5.66 Å². The molecule has 0 spiro atoms. The second-order valence-corrected chi connectivity index (χ2v) is 5.42. The van der Waals surface area contributed by atoms with Crippen LogP contribution in [0.15, 0.2) is 10.2 Å². The maximum atomic E-state index is 12.3. The predicted octanol–water partition coefficient (Wildman–Crippen LogP) is 3.22. The molecule has 1 unspecified atom stereocenters. The van der Waals surface area contributed by atoms with Gasteiger partial charge in [0.15, 0.2) is 5.66 Å². The number of ether oxygens (including phenoxy) is 1. The number of thiocarbonyl (C=S) groups is 1. The Hall–Kier alpha value is -0.780. The molecule has 0 aromatic carbocycles. The van der Waals surface area contributed by atoms with E-state index in [4.69, 9.17) is 17.0 Å². The average Bonchev–Trinajstić information content (AvgIpc) is 2.23. The molecular weight excluding hydrogens is 241 g/mol. The Balaban J connectivity index is 4.71. The maximum Gasteiger partial charge on any atom is 0.258 e. The van der Waals surface area contributed by atoms with Crippen molar-refractivity contribution in [3.05, 3.63) is 0 Å². The normalized spacial score (nSPS) is 15.6. The Morgan fingerprint density at radius 1 is 1.29 bits per heavy atom. The van der Waals surface area contributed by atoms with E-state index in [9.17, 15) is 4.39 Å². The van der Waals surface area contributed by atoms with E-state index in [2.05, 4.69) is 15.5 Å². The first-order chi connectivity index (χ1) is 7.72. The van der Waals surface area contributed by atoms with Crippen molar-refractivity contribution in [2.45, 2.75) is 51.7 Å². The van der Waals surface area contributed by atoms with E-state index in [1.54, 1.807) is 0 Å². The molecule has 0 radical (unpaired) electrons. The van der Waals surface area contributed by atoms with Crippen molar-refractivity contribution >= 4 is 17.4 Å². The van der Waals surface area contributed by atoms with Gasteiger partial charge in [0.2, 0.25) is 0 Å². The molecule has 17 heavy (non-hydrogen) atoms. The lowest BCUT2D eigenvalue weighted by atomic mass is 10.1. The van der Waals surface area contributed by atoms with Crippen LogP contribution in [0.2, 0.25) is 0 Å². The van der Waals surface area contributed by atoms with Crippen molar-refractivity contribution in [1.82, 2.24) is 5.32 Å². The fraction of sp³-hybridized carbons (Fsp3) is 0.909. The number of rotatable bonds is 5. The van der Waals surface area contributed by atoms with Crippen LogP contribution < -0.4 is 5.32 Å². The molecule has 0 bridgehead atoms. The zero-order valence-corrected chi connectivity index (χ0v) is 12.0. The number of alkyl halides is 1. The van der Waals surface area contributed by atoms with E-state index in [0.29, 0.717) is 12.8 Å². The number of hydrogen-bond donors (Lipinski definition) is 1. The zero-order chi connectivity index (χ0) is 13.5. The smallest absolute Gasteiger partial charge is 0.258 e. The highest BCUT2D eigenvalue weighted by Gasteiger charge is 2.25. The van der Waals surface area contributed by atoms with Crippen molar-refractivity contribution in [3.63, 3.8) is 0 Å². The molecule has 4 nitrogen and oxygen atoms in total. The summed E-state index contributed by atoms with van der Waals surface area (Å²) in [5, 5.41) is 11.6. The Morgan fingerprint density at radius 3 is 2.29 bits per heavy atom. The quantitative estimate of drug-likeness (QED) is 0.612. The standard InChI is InChI=1S/C11H22FN3OS/c1-10(2,3)14-15-11(4,7-6-8-12)13-9(17)16-5/h6-8H2,1-5H3,(H,13,17). The van der Waals surface area contributed by atoms with E-state index >= 15 is 0 Å². The number of methoxy groups -OCH3 is 1. The summed E-state index contributed by atoms with van der Waals surface area (Å²) >= 11 is 4.93. The molecule has 0 saturated carbocycles. The first kappa shape index (κ1) is 16.2. The molecule has 0 fully saturated rings. The minimum atomic E-state index is -0.716. The summed E-state index contributed by atoms with van der Waals surface area (Å²) in [4.78, 5) is 0. The third-order valence-corrected chi connectivity index (χ3v) is 2.19. The fourth-order valence-electron chi connectivity index (χ4n) is 1.08. The Morgan fingerprint density at radius 2 is 1.88 bits per heavy atom. The predicted molar refractivity (Wildman–Crippen MR) is 71.0 cm³/mol. The van der Waals surface area contributed by atoms with Gasteiger partial charge in [0.1, 0.15) is 0 Å². The van der Waals surface area contributed by atoms with Gasteiger partial charge in [-0.2, -0.15) is 10.2 Å². The lowest BCUT2D eigenvalue weighted by Crippen LogP contribution is -2.44. The summed E-state index contributed by atoms with van der Waals surface area (Å²) in [6.45, 7) is 7.27. The lowest BCUT2D eigenvalue weighted by molar-refractivity contribution is 0.298. The van der Waals surface area contributed by atoms with Crippen LogP contribution in [0.1, 0.15) is 40.5 Å². The molecule has 1 N–H and O–H groups in total. The highest BCUT2D eigenvalue weighted by atomic mass is 32.1. The maximum absolute atomic E-state index is 12.3. The molecule has 6 heteroatoms. The van der Waals surface area contributed by atoms with Crippen LogP contribution in [0.4, 0.5) is 4.39 Å². The van der Waals surface area contributed by atoms with Gasteiger partial charge >= 0.3 is 0 Å². The van der Waals surface area contributed by atoms with Crippen LogP contribution in [-0.4, -0.2) is 30.2 Å². The number of hydrogen-bond acceptors (Lipinski definition) is 4. The Bertz CT molecular complexity index is 278. The van der Waals surface area contributed by atoms with E-state index in [1.807, 2.05) is 27.7 Å². The van der Waals surface area contributed by atoms with Crippen molar-refractivity contribution in [1.29, 1.82) is 0 Å². The van der Waals surface area contributed by atoms with Gasteiger partial charge in [-0.05, 0) is 52.8 Å². The average molecular weight is 263 g/mol. The van der Waals surface area contributed by atoms with Crippen LogP contribution >= 0.6 is 12.2 Å². The summed E-state index contributed by atoms with van der Waals surface area (Å²) in [5.41, 5.74) is -0.986. The largest absolute Gasteiger partial charge is 0.474 e. The highest BCUT2D eigenvalue weighted by molar-refractivity contribution is 7.80. The molecule has 0 aliphatic rings. The van der Waals surface area contributed by atoms with Crippen LogP contribution in [0, 0.1) is 0 Å². The fourth-order valence-corrected chi connectivity index (χ4v) is 1.30. The first-order valence-corrected chi connectivity index (χ1v) is 5.99. The van der Waals surface area contributed by atoms with Crippen LogP contribution in [0.3, 0.4) is 0 Å². The van der Waals surface area contributed by atoms with Gasteiger partial charge in [-0.1, -0.05) is 0 Å². The van der Waals surface area contributed by atoms with Crippen molar-refractivity contribution < 1.29 is 9.13 Å². The van der Waals surface area contributed by atoms with Gasteiger partial charge < -0.3 is 10.1 Å². The van der Waals surface area contributed by atoms with Gasteiger partial charge in [-0.15, -0.1) is 0 Å². The number of nitrogens with one attached hydrogen (secondary N) is 1. The molecule has 0 amide bonds. The monoisotopic (exact) mass is 263 g/mol. The molecule has 0 aromatic heterocycles. The highest BCUT2D eigenvalue weighted by Crippen LogP contribution is 2.18. The second-order valence-electron chi connectivity index (χ2n) is 5.05. The molecule has 0 saturated heterocycles. The van der Waals surface area contributed by atoms with Crippen molar-refractivity contribution in [3.8, 4) is 0 Å². The second kappa shape index (κ2) is 6.83. The topological polar surface area (TPSA) is 46.0 Å². The molecule has 100 valence electrons. The molecular formula is C11H22FN3OS. The van der Waals surface area contributed by atoms with Gasteiger partial charge in [0.05, 0.1) is 19.3 Å². The number of azo groups is 1. The van der Waals surface area contributed by atoms with Gasteiger partial charge in [0, 0.05) is 0 Å². The Kier molecular flexibility index (Phi) is 6.52. The van der Waals surface area contributed by atoms with Crippen molar-refractivity contribution in [2.75, 3.05) is 13.8 Å². The van der Waals surface area contributed by atoms with E-state index in [0.717, 1.165) is 0 Å². The summed E-state index contributed by atoms with van der Waals surface area (Å²) in [5.74, 6) is 0. The minimum absolute atomic E-state index is 0.235. The molecule has 0 aromatic rings. The summed E-state index contributed by atoms with van der Waals surface area (Å²) in [7, 11) is 1.48. The SMILES string of the molecule is COC(=S)NC(C)(CCCF)N=NC(C)(C)C. The van der Waals surface area contributed by atoms with Gasteiger partial charge in [-0.25, -0.2) is 0 Å². The summed E-state index contributed by atoms with van der Waals surface area (Å²) in [6, 6.07) is 0. The summed E-state index contributed by atoms with van der Waals surface area (Å²) < 4.78 is 17.1. The molecule has 1 atom stereocenters. The van der Waals surface area contributed by atoms with Crippen LogP contribution in [0.25, 0.3) is 0 Å². The lowest BCUT2D eigenvalue weighted by Gasteiger charge is -2.27. The van der Waals surface area contributed by atoms with E-state index in [1.165, 1.54) is 7.11 Å². The van der Waals surface area contributed by atoms with Gasteiger partial charge in [0.25, 0.3) is 5.17 Å². The number of halogens is 1. The zero-order valence-electron chi connectivity index (χ0n) is 11.2. The summed E-state index contributed by atoms with van der Waals surface area (Å²) in [6.07, 6.45) is 0.908. The Labute approximate surface area is 108 Å². The van der Waals surface area contributed by atoms with Crippen molar-refractivity contribution in [2.24, 2.45) is 10.2 Å². The molecule has 0 aliphatic carbocycles. The molecule has 0 heterocycles. The third kappa shape index (κ3) is 8.01. The minimum Gasteiger partial charge on any atom is -0.474 e. The van der Waals surface area contributed by atoms with Crippen LogP contribution in [0.5, 0.6) is 0 Å². The number of nitrogens with zero attached hydrogens (tertiary/aromatic N) is 2. The first-order valence-electron chi connectivity index (χ1n) is 5.58.